The van der Waals surface area contributed by atoms with E-state index in [-0.39, 0.29) is 0 Å². The fourth-order valence-corrected chi connectivity index (χ4v) is 2.40. The molecule has 0 saturated carbocycles. The molecule has 0 saturated heterocycles. The highest BCUT2D eigenvalue weighted by Crippen LogP contribution is 2.18. The smallest absolute Gasteiger partial charge is 0.0587 e. The van der Waals surface area contributed by atoms with Crippen LogP contribution in [-0.2, 0) is 11.3 Å². The lowest BCUT2D eigenvalue weighted by molar-refractivity contribution is 0.199. The van der Waals surface area contributed by atoms with E-state index in [4.69, 9.17) is 4.74 Å². The summed E-state index contributed by atoms with van der Waals surface area (Å²) in [6, 6.07) is 8.95. The molecule has 0 aliphatic rings. The molecule has 0 amide bonds. The topological polar surface area (TPSA) is 24.5 Å². The predicted molar refractivity (Wildman–Crippen MR) is 91.9 cm³/mol. The van der Waals surface area contributed by atoms with Crippen LogP contribution < -0.4 is 10.2 Å². The Bertz CT molecular complexity index is 363. The fraction of sp³-hybridized carbons (Fsp3) is 0.667. The molecule has 1 aromatic rings. The Morgan fingerprint density at radius 2 is 1.57 bits per heavy atom. The summed E-state index contributed by atoms with van der Waals surface area (Å²) in [6.07, 6.45) is 0. The molecule has 120 valence electrons. The summed E-state index contributed by atoms with van der Waals surface area (Å²) in [7, 11) is 1.73. The first-order valence-corrected chi connectivity index (χ1v) is 8.06. The summed E-state index contributed by atoms with van der Waals surface area (Å²) >= 11 is 0. The highest BCUT2D eigenvalue weighted by molar-refractivity contribution is 5.47. The monoisotopic (exact) mass is 292 g/mol. The molecule has 0 aliphatic heterocycles. The molecule has 0 aliphatic carbocycles. The first kappa shape index (κ1) is 18.0. The van der Waals surface area contributed by atoms with Gasteiger partial charge in [-0.25, -0.2) is 0 Å². The van der Waals surface area contributed by atoms with E-state index < -0.39 is 0 Å². The van der Waals surface area contributed by atoms with Gasteiger partial charge in [0.05, 0.1) is 6.61 Å². The zero-order valence-electron chi connectivity index (χ0n) is 14.4. The zero-order chi connectivity index (χ0) is 15.7. The quantitative estimate of drug-likeness (QED) is 0.668. The number of nitrogens with zero attached hydrogens (tertiary/aromatic N) is 1. The van der Waals surface area contributed by atoms with Crippen LogP contribution in [0.1, 0.15) is 33.3 Å². The molecule has 0 atom stereocenters. The Morgan fingerprint density at radius 3 is 2.05 bits per heavy atom. The number of ether oxygens (including phenoxy) is 1. The van der Waals surface area contributed by atoms with Crippen molar-refractivity contribution in [2.24, 2.45) is 11.8 Å². The van der Waals surface area contributed by atoms with Crippen molar-refractivity contribution in [3.05, 3.63) is 29.8 Å². The number of hydrogen-bond acceptors (Lipinski definition) is 3. The number of methoxy groups -OCH3 is 1. The van der Waals surface area contributed by atoms with Gasteiger partial charge in [0.2, 0.25) is 0 Å². The molecule has 0 aromatic heterocycles. The molecule has 0 bridgehead atoms. The van der Waals surface area contributed by atoms with Gasteiger partial charge in [-0.3, -0.25) is 0 Å². The van der Waals surface area contributed by atoms with Crippen LogP contribution in [0.5, 0.6) is 0 Å². The lowest BCUT2D eigenvalue weighted by atomic mass is 10.1. The predicted octanol–water partition coefficient (Wildman–Crippen LogP) is 3.54. The van der Waals surface area contributed by atoms with Gasteiger partial charge in [0.25, 0.3) is 0 Å². The zero-order valence-corrected chi connectivity index (χ0v) is 14.4. The minimum atomic E-state index is 0.680. The van der Waals surface area contributed by atoms with Gasteiger partial charge in [0.15, 0.2) is 0 Å². The van der Waals surface area contributed by atoms with Gasteiger partial charge >= 0.3 is 0 Å². The summed E-state index contributed by atoms with van der Waals surface area (Å²) < 4.78 is 5.04. The second kappa shape index (κ2) is 9.80. The molecule has 0 fully saturated rings. The number of benzene rings is 1. The van der Waals surface area contributed by atoms with Crippen molar-refractivity contribution in [3.8, 4) is 0 Å². The second-order valence-corrected chi connectivity index (χ2v) is 6.53. The van der Waals surface area contributed by atoms with Gasteiger partial charge in [-0.15, -0.1) is 0 Å². The summed E-state index contributed by atoms with van der Waals surface area (Å²) in [5, 5.41) is 3.38. The maximum absolute atomic E-state index is 5.04. The van der Waals surface area contributed by atoms with Gasteiger partial charge in [-0.1, -0.05) is 39.8 Å². The molecular weight excluding hydrogens is 260 g/mol. The molecule has 0 unspecified atom stereocenters. The highest BCUT2D eigenvalue weighted by Gasteiger charge is 2.10. The normalized spacial score (nSPS) is 11.4. The Morgan fingerprint density at radius 1 is 1.00 bits per heavy atom. The van der Waals surface area contributed by atoms with E-state index >= 15 is 0 Å². The summed E-state index contributed by atoms with van der Waals surface area (Å²) in [5.41, 5.74) is 2.65. The third kappa shape index (κ3) is 7.49. The van der Waals surface area contributed by atoms with Crippen LogP contribution in [0.25, 0.3) is 0 Å². The van der Waals surface area contributed by atoms with Crippen LogP contribution in [0, 0.1) is 11.8 Å². The Labute approximate surface area is 130 Å². The molecule has 3 heteroatoms. The van der Waals surface area contributed by atoms with Crippen molar-refractivity contribution in [2.45, 2.75) is 34.2 Å². The Balaban J connectivity index is 2.59. The van der Waals surface area contributed by atoms with E-state index in [1.807, 2.05) is 0 Å². The van der Waals surface area contributed by atoms with Crippen molar-refractivity contribution < 1.29 is 4.74 Å². The third-order valence-electron chi connectivity index (χ3n) is 3.28. The molecule has 0 spiro atoms. The first-order chi connectivity index (χ1) is 10.0. The third-order valence-corrected chi connectivity index (χ3v) is 3.28. The number of nitrogens with one attached hydrogen (secondary N) is 1. The fourth-order valence-electron chi connectivity index (χ4n) is 2.40. The van der Waals surface area contributed by atoms with E-state index in [1.165, 1.54) is 11.3 Å². The highest BCUT2D eigenvalue weighted by atomic mass is 16.5. The van der Waals surface area contributed by atoms with E-state index in [9.17, 15) is 0 Å². The van der Waals surface area contributed by atoms with Gasteiger partial charge in [-0.2, -0.15) is 0 Å². The average molecular weight is 292 g/mol. The molecule has 3 nitrogen and oxygen atoms in total. The summed E-state index contributed by atoms with van der Waals surface area (Å²) in [6.45, 7) is 13.9. The number of rotatable bonds is 10. The Kier molecular flexibility index (Phi) is 8.40. The van der Waals surface area contributed by atoms with Crippen molar-refractivity contribution in [1.29, 1.82) is 0 Å². The van der Waals surface area contributed by atoms with Crippen LogP contribution >= 0.6 is 0 Å². The van der Waals surface area contributed by atoms with Crippen molar-refractivity contribution >= 4 is 5.69 Å². The molecule has 1 N–H and O–H groups in total. The SMILES string of the molecule is COCCNCc1ccc(N(CC(C)C)CC(C)C)cc1. The van der Waals surface area contributed by atoms with Gasteiger partial charge in [-0.05, 0) is 29.5 Å². The minimum absolute atomic E-state index is 0.680. The second-order valence-electron chi connectivity index (χ2n) is 6.53. The van der Waals surface area contributed by atoms with Crippen LogP contribution in [-0.4, -0.2) is 33.4 Å². The molecule has 21 heavy (non-hydrogen) atoms. The Hall–Kier alpha value is -1.06. The first-order valence-electron chi connectivity index (χ1n) is 8.06. The lowest BCUT2D eigenvalue weighted by Crippen LogP contribution is -2.31. The summed E-state index contributed by atoms with van der Waals surface area (Å²) in [5.74, 6) is 1.36. The van der Waals surface area contributed by atoms with E-state index in [2.05, 4.69) is 62.2 Å². The lowest BCUT2D eigenvalue weighted by Gasteiger charge is -2.28. The van der Waals surface area contributed by atoms with E-state index in [1.54, 1.807) is 7.11 Å². The van der Waals surface area contributed by atoms with E-state index in [0.29, 0.717) is 11.8 Å². The van der Waals surface area contributed by atoms with Crippen LogP contribution in [0.2, 0.25) is 0 Å². The van der Waals surface area contributed by atoms with Crippen molar-refractivity contribution in [1.82, 2.24) is 5.32 Å². The maximum Gasteiger partial charge on any atom is 0.0587 e. The summed E-state index contributed by atoms with van der Waals surface area (Å²) in [4.78, 5) is 2.50. The average Bonchev–Trinajstić information content (AvgIpc) is 2.42. The molecular formula is C18H32N2O. The van der Waals surface area contributed by atoms with Crippen molar-refractivity contribution in [2.75, 3.05) is 38.3 Å². The molecule has 1 aromatic carbocycles. The van der Waals surface area contributed by atoms with Gasteiger partial charge in [0.1, 0.15) is 0 Å². The number of anilines is 1. The largest absolute Gasteiger partial charge is 0.383 e. The minimum Gasteiger partial charge on any atom is -0.383 e. The van der Waals surface area contributed by atoms with E-state index in [0.717, 1.165) is 32.8 Å². The van der Waals surface area contributed by atoms with Crippen LogP contribution in [0.4, 0.5) is 5.69 Å². The van der Waals surface area contributed by atoms with Crippen LogP contribution in [0.15, 0.2) is 24.3 Å². The molecule has 0 radical (unpaired) electrons. The van der Waals surface area contributed by atoms with Gasteiger partial charge < -0.3 is 15.0 Å². The maximum atomic E-state index is 5.04. The molecule has 1 rings (SSSR count). The van der Waals surface area contributed by atoms with Crippen LogP contribution in [0.3, 0.4) is 0 Å². The van der Waals surface area contributed by atoms with Crippen molar-refractivity contribution in [3.63, 3.8) is 0 Å². The standard InChI is InChI=1S/C18H32N2O/c1-15(2)13-20(14-16(3)4)18-8-6-17(7-9-18)12-19-10-11-21-5/h6-9,15-16,19H,10-14H2,1-5H3. The molecule has 0 heterocycles. The van der Waals surface area contributed by atoms with Gasteiger partial charge in [0, 0.05) is 39.0 Å². The number of hydrogen-bond donors (Lipinski definition) is 1.